The normalized spacial score (nSPS) is 16.9. The van der Waals surface area contributed by atoms with Gasteiger partial charge in [-0.1, -0.05) is 0 Å². The summed E-state index contributed by atoms with van der Waals surface area (Å²) in [4.78, 5) is 28.7. The predicted molar refractivity (Wildman–Crippen MR) is 120 cm³/mol. The molecule has 1 aromatic carbocycles. The molecule has 2 N–H and O–H groups in total. The van der Waals surface area contributed by atoms with Gasteiger partial charge >= 0.3 is 5.97 Å². The summed E-state index contributed by atoms with van der Waals surface area (Å²) in [7, 11) is 0. The van der Waals surface area contributed by atoms with Gasteiger partial charge in [-0.05, 0) is 49.1 Å². The number of hydrogen-bond donors (Lipinski definition) is 2. The number of nitrogens with zero attached hydrogens (tertiary/aromatic N) is 6. The molecule has 0 radical (unpaired) electrons. The molecule has 0 atom stereocenters. The monoisotopic (exact) mass is 441 g/mol. The van der Waals surface area contributed by atoms with Crippen molar-refractivity contribution in [1.82, 2.24) is 15.0 Å². The summed E-state index contributed by atoms with van der Waals surface area (Å²) in [5, 5.41) is 12.9. The molecule has 2 saturated heterocycles. The second kappa shape index (κ2) is 10.7. The number of hydrazone groups is 1. The van der Waals surface area contributed by atoms with Crippen LogP contribution in [-0.2, 0) is 9.53 Å². The standard InChI is InChI=1S/C21H27N7O4/c29-18(30)15-32-17-6-4-16(5-7-17)14-22-26-19-23-20(27-8-2-1-3-9-27)25-21(24-19)28-10-12-31-13-11-28/h4-7,14H,1-3,8-13,15H2,(H,29,30)(H,23,24,25,26). The number of ether oxygens (including phenoxy) is 2. The van der Waals surface area contributed by atoms with Crippen LogP contribution in [0.5, 0.6) is 5.75 Å². The van der Waals surface area contributed by atoms with Gasteiger partial charge in [0.05, 0.1) is 19.4 Å². The van der Waals surface area contributed by atoms with Gasteiger partial charge in [0.25, 0.3) is 0 Å². The predicted octanol–water partition coefficient (Wildman–Crippen LogP) is 1.61. The molecule has 0 unspecified atom stereocenters. The van der Waals surface area contributed by atoms with Crippen LogP contribution < -0.4 is 20.0 Å². The van der Waals surface area contributed by atoms with E-state index < -0.39 is 5.97 Å². The van der Waals surface area contributed by atoms with Crippen LogP contribution in [0.2, 0.25) is 0 Å². The number of aliphatic carboxylic acids is 1. The van der Waals surface area contributed by atoms with Crippen molar-refractivity contribution in [3.05, 3.63) is 29.8 Å². The maximum absolute atomic E-state index is 10.6. The van der Waals surface area contributed by atoms with Gasteiger partial charge in [0.2, 0.25) is 17.8 Å². The van der Waals surface area contributed by atoms with Gasteiger partial charge < -0.3 is 24.4 Å². The van der Waals surface area contributed by atoms with E-state index in [1.54, 1.807) is 30.5 Å². The van der Waals surface area contributed by atoms with Crippen molar-refractivity contribution in [2.24, 2.45) is 5.10 Å². The number of carboxylic acids is 1. The Kier molecular flexibility index (Phi) is 7.28. The van der Waals surface area contributed by atoms with Crippen LogP contribution in [0.3, 0.4) is 0 Å². The summed E-state index contributed by atoms with van der Waals surface area (Å²) in [5.74, 6) is 1.15. The molecular weight excluding hydrogens is 414 g/mol. The van der Waals surface area contributed by atoms with Gasteiger partial charge in [0.15, 0.2) is 6.61 Å². The molecule has 4 rings (SSSR count). The van der Waals surface area contributed by atoms with Gasteiger partial charge in [-0.25, -0.2) is 10.2 Å². The van der Waals surface area contributed by atoms with E-state index in [1.165, 1.54) is 6.42 Å². The van der Waals surface area contributed by atoms with E-state index in [0.29, 0.717) is 36.8 Å². The summed E-state index contributed by atoms with van der Waals surface area (Å²) >= 11 is 0. The highest BCUT2D eigenvalue weighted by Gasteiger charge is 2.20. The van der Waals surface area contributed by atoms with Crippen LogP contribution in [0.1, 0.15) is 24.8 Å². The highest BCUT2D eigenvalue weighted by atomic mass is 16.5. The first-order valence-electron chi connectivity index (χ1n) is 10.7. The molecule has 0 bridgehead atoms. The molecule has 2 aromatic rings. The van der Waals surface area contributed by atoms with Crippen LogP contribution in [0.15, 0.2) is 29.4 Å². The largest absolute Gasteiger partial charge is 0.482 e. The zero-order chi connectivity index (χ0) is 22.2. The lowest BCUT2D eigenvalue weighted by Crippen LogP contribution is -2.38. The second-order valence-corrected chi connectivity index (χ2v) is 7.53. The molecule has 32 heavy (non-hydrogen) atoms. The van der Waals surface area contributed by atoms with E-state index in [0.717, 1.165) is 44.6 Å². The maximum atomic E-state index is 10.6. The minimum atomic E-state index is -1.02. The zero-order valence-corrected chi connectivity index (χ0v) is 17.8. The van der Waals surface area contributed by atoms with Gasteiger partial charge in [-0.15, -0.1) is 0 Å². The zero-order valence-electron chi connectivity index (χ0n) is 17.8. The lowest BCUT2D eigenvalue weighted by molar-refractivity contribution is -0.139. The lowest BCUT2D eigenvalue weighted by Gasteiger charge is -2.30. The van der Waals surface area contributed by atoms with Crippen LogP contribution in [0.25, 0.3) is 0 Å². The van der Waals surface area contributed by atoms with Crippen molar-refractivity contribution >= 4 is 30.0 Å². The summed E-state index contributed by atoms with van der Waals surface area (Å²) in [6.45, 7) is 4.27. The van der Waals surface area contributed by atoms with Gasteiger partial charge in [0.1, 0.15) is 5.75 Å². The van der Waals surface area contributed by atoms with E-state index in [2.05, 4.69) is 30.3 Å². The molecule has 11 nitrogen and oxygen atoms in total. The van der Waals surface area contributed by atoms with E-state index in [1.807, 2.05) is 0 Å². The van der Waals surface area contributed by atoms with Crippen LogP contribution >= 0.6 is 0 Å². The molecule has 3 heterocycles. The fourth-order valence-electron chi connectivity index (χ4n) is 3.50. The maximum Gasteiger partial charge on any atom is 0.341 e. The number of anilines is 3. The molecule has 0 spiro atoms. The molecule has 11 heteroatoms. The number of carboxylic acid groups (broad SMARTS) is 1. The van der Waals surface area contributed by atoms with Crippen molar-refractivity contribution in [1.29, 1.82) is 0 Å². The molecule has 2 aliphatic rings. The van der Waals surface area contributed by atoms with Crippen molar-refractivity contribution < 1.29 is 19.4 Å². The van der Waals surface area contributed by atoms with E-state index in [-0.39, 0.29) is 6.61 Å². The fraction of sp³-hybridized carbons (Fsp3) is 0.476. The Morgan fingerprint density at radius 1 is 1.03 bits per heavy atom. The summed E-state index contributed by atoms with van der Waals surface area (Å²) in [6, 6.07) is 6.96. The summed E-state index contributed by atoms with van der Waals surface area (Å²) in [6.07, 6.45) is 5.13. The Morgan fingerprint density at radius 2 is 1.69 bits per heavy atom. The molecular formula is C21H27N7O4. The number of nitrogens with one attached hydrogen (secondary N) is 1. The average Bonchev–Trinajstić information content (AvgIpc) is 2.84. The summed E-state index contributed by atoms with van der Waals surface area (Å²) in [5.41, 5.74) is 3.74. The van der Waals surface area contributed by atoms with Crippen molar-refractivity contribution in [3.63, 3.8) is 0 Å². The Balaban J connectivity index is 1.46. The third kappa shape index (κ3) is 6.03. The summed E-state index contributed by atoms with van der Waals surface area (Å²) < 4.78 is 10.6. The van der Waals surface area contributed by atoms with E-state index in [9.17, 15) is 4.79 Å². The number of carbonyl (C=O) groups is 1. The molecule has 1 aromatic heterocycles. The van der Waals surface area contributed by atoms with E-state index in [4.69, 9.17) is 19.6 Å². The number of piperidine rings is 1. The van der Waals surface area contributed by atoms with Crippen LogP contribution in [-0.4, -0.2) is 78.2 Å². The minimum absolute atomic E-state index is 0.376. The third-order valence-corrected chi connectivity index (χ3v) is 5.17. The first-order valence-corrected chi connectivity index (χ1v) is 10.7. The van der Waals surface area contributed by atoms with Gasteiger partial charge in [0, 0.05) is 26.2 Å². The third-order valence-electron chi connectivity index (χ3n) is 5.17. The molecule has 0 amide bonds. The smallest absolute Gasteiger partial charge is 0.341 e. The molecule has 0 aliphatic carbocycles. The Labute approximate surface area is 186 Å². The number of morpholine rings is 1. The Hall–Kier alpha value is -3.47. The van der Waals surface area contributed by atoms with Gasteiger partial charge in [-0.3, -0.25) is 0 Å². The number of rotatable bonds is 8. The topological polar surface area (TPSA) is 125 Å². The first-order chi connectivity index (χ1) is 15.7. The minimum Gasteiger partial charge on any atom is -0.482 e. The number of benzene rings is 1. The molecule has 2 aliphatic heterocycles. The fourth-order valence-corrected chi connectivity index (χ4v) is 3.50. The van der Waals surface area contributed by atoms with Crippen molar-refractivity contribution in [2.45, 2.75) is 19.3 Å². The highest BCUT2D eigenvalue weighted by Crippen LogP contribution is 2.21. The Bertz CT molecular complexity index is 890. The van der Waals surface area contributed by atoms with Crippen LogP contribution in [0, 0.1) is 0 Å². The molecule has 170 valence electrons. The van der Waals surface area contributed by atoms with E-state index >= 15 is 0 Å². The SMILES string of the molecule is O=C(O)COc1ccc(C=NNc2nc(N3CCCCC3)nc(N3CCOCC3)n2)cc1. The lowest BCUT2D eigenvalue weighted by atomic mass is 10.1. The van der Waals surface area contributed by atoms with Crippen molar-refractivity contribution in [3.8, 4) is 5.75 Å². The second-order valence-electron chi connectivity index (χ2n) is 7.53. The van der Waals surface area contributed by atoms with Crippen molar-refractivity contribution in [2.75, 3.05) is 61.2 Å². The highest BCUT2D eigenvalue weighted by molar-refractivity contribution is 5.80. The molecule has 0 saturated carbocycles. The number of hydrogen-bond acceptors (Lipinski definition) is 10. The Morgan fingerprint density at radius 3 is 2.34 bits per heavy atom. The quantitative estimate of drug-likeness (QED) is 0.461. The molecule has 2 fully saturated rings. The first kappa shape index (κ1) is 21.8. The van der Waals surface area contributed by atoms with Crippen LogP contribution in [0.4, 0.5) is 17.8 Å². The van der Waals surface area contributed by atoms with Gasteiger partial charge in [-0.2, -0.15) is 20.1 Å². The number of aromatic nitrogens is 3. The average molecular weight is 441 g/mol.